The van der Waals surface area contributed by atoms with Crippen molar-refractivity contribution in [2.75, 3.05) is 18.4 Å². The van der Waals surface area contributed by atoms with E-state index in [1.54, 1.807) is 23.1 Å². The van der Waals surface area contributed by atoms with Crippen molar-refractivity contribution >= 4 is 17.5 Å². The molecular weight excluding hydrogens is 372 g/mol. The Morgan fingerprint density at radius 1 is 0.800 bits per heavy atom. The molecule has 0 aliphatic carbocycles. The molecule has 4 nitrogen and oxygen atoms in total. The fraction of sp³-hybridized carbons (Fsp3) is 0.231. The number of hydrogen-bond acceptors (Lipinski definition) is 2. The van der Waals surface area contributed by atoms with Crippen LogP contribution in [0.25, 0.3) is 0 Å². The molecule has 0 radical (unpaired) electrons. The third-order valence-electron chi connectivity index (χ3n) is 5.24. The van der Waals surface area contributed by atoms with Crippen molar-refractivity contribution in [3.63, 3.8) is 0 Å². The minimum absolute atomic E-state index is 0.0254. The average molecular weight is 401 g/mol. The molecule has 0 saturated carbocycles. The molecule has 0 saturated heterocycles. The quantitative estimate of drug-likeness (QED) is 0.556. The summed E-state index contributed by atoms with van der Waals surface area (Å²) in [5.41, 5.74) is 3.42. The van der Waals surface area contributed by atoms with E-state index in [0.29, 0.717) is 30.8 Å². The van der Waals surface area contributed by atoms with E-state index in [1.807, 2.05) is 80.6 Å². The van der Waals surface area contributed by atoms with Crippen LogP contribution in [0.3, 0.4) is 0 Å². The summed E-state index contributed by atoms with van der Waals surface area (Å²) in [6.07, 6.45) is 0.322. The minimum atomic E-state index is -0.0832. The second-order valence-electron chi connectivity index (χ2n) is 7.18. The smallest absolute Gasteiger partial charge is 0.253 e. The minimum Gasteiger partial charge on any atom is -0.339 e. The average Bonchev–Trinajstić information content (AvgIpc) is 2.79. The molecule has 0 fully saturated rings. The first-order valence-corrected chi connectivity index (χ1v) is 10.4. The van der Waals surface area contributed by atoms with E-state index in [2.05, 4.69) is 5.32 Å². The number of nitrogens with one attached hydrogen (secondary N) is 1. The lowest BCUT2D eigenvalue weighted by atomic mass is 9.88. The summed E-state index contributed by atoms with van der Waals surface area (Å²) < 4.78 is 0. The first kappa shape index (κ1) is 21.3. The standard InChI is InChI=1S/C26H28N2O2/c1-3-28(4-2)26(30)22-16-11-17-23(18-22)27-25(29)19-24(20-12-7-5-8-13-20)21-14-9-6-10-15-21/h5-18,24H,3-4,19H2,1-2H3,(H,27,29). The summed E-state index contributed by atoms with van der Waals surface area (Å²) in [5.74, 6) is -0.143. The zero-order valence-corrected chi connectivity index (χ0v) is 17.5. The zero-order chi connectivity index (χ0) is 21.3. The van der Waals surface area contributed by atoms with Gasteiger partial charge in [-0.2, -0.15) is 0 Å². The van der Waals surface area contributed by atoms with E-state index in [0.717, 1.165) is 11.1 Å². The molecule has 0 spiro atoms. The lowest BCUT2D eigenvalue weighted by molar-refractivity contribution is -0.116. The second-order valence-corrected chi connectivity index (χ2v) is 7.18. The van der Waals surface area contributed by atoms with E-state index in [1.165, 1.54) is 0 Å². The van der Waals surface area contributed by atoms with E-state index < -0.39 is 0 Å². The van der Waals surface area contributed by atoms with Crippen LogP contribution in [0.1, 0.15) is 47.7 Å². The van der Waals surface area contributed by atoms with Crippen LogP contribution in [0.2, 0.25) is 0 Å². The van der Waals surface area contributed by atoms with Gasteiger partial charge in [0.2, 0.25) is 5.91 Å². The number of nitrogens with zero attached hydrogens (tertiary/aromatic N) is 1. The molecule has 0 aliphatic heterocycles. The molecule has 3 rings (SSSR count). The summed E-state index contributed by atoms with van der Waals surface area (Å²) in [4.78, 5) is 27.3. The summed E-state index contributed by atoms with van der Waals surface area (Å²) in [6.45, 7) is 5.23. The van der Waals surface area contributed by atoms with Crippen molar-refractivity contribution in [2.24, 2.45) is 0 Å². The fourth-order valence-corrected chi connectivity index (χ4v) is 3.62. The van der Waals surface area contributed by atoms with Gasteiger partial charge in [-0.1, -0.05) is 66.7 Å². The molecular formula is C26H28N2O2. The van der Waals surface area contributed by atoms with E-state index in [-0.39, 0.29) is 17.7 Å². The van der Waals surface area contributed by atoms with E-state index in [9.17, 15) is 9.59 Å². The maximum absolute atomic E-state index is 12.9. The molecule has 0 aliphatic rings. The van der Waals surface area contributed by atoms with E-state index in [4.69, 9.17) is 0 Å². The molecule has 2 amide bonds. The van der Waals surface area contributed by atoms with Crippen molar-refractivity contribution in [3.05, 3.63) is 102 Å². The van der Waals surface area contributed by atoms with Crippen LogP contribution < -0.4 is 5.32 Å². The zero-order valence-electron chi connectivity index (χ0n) is 17.5. The number of amides is 2. The molecule has 3 aromatic rings. The highest BCUT2D eigenvalue weighted by Gasteiger charge is 2.19. The van der Waals surface area contributed by atoms with Gasteiger partial charge >= 0.3 is 0 Å². The Kier molecular flexibility index (Phi) is 7.39. The molecule has 0 aromatic heterocycles. The SMILES string of the molecule is CCN(CC)C(=O)c1cccc(NC(=O)CC(c2ccccc2)c2ccccc2)c1. The predicted molar refractivity (Wildman–Crippen MR) is 122 cm³/mol. The molecule has 1 N–H and O–H groups in total. The Hall–Kier alpha value is -3.40. The normalized spacial score (nSPS) is 10.6. The molecule has 0 atom stereocenters. The number of anilines is 1. The van der Waals surface area contributed by atoms with Crippen molar-refractivity contribution < 1.29 is 9.59 Å². The molecule has 3 aromatic carbocycles. The Balaban J connectivity index is 1.76. The predicted octanol–water partition coefficient (Wildman–Crippen LogP) is 5.33. The van der Waals surface area contributed by atoms with Crippen LogP contribution >= 0.6 is 0 Å². The maximum atomic E-state index is 12.9. The first-order valence-electron chi connectivity index (χ1n) is 10.4. The Morgan fingerprint density at radius 3 is 1.90 bits per heavy atom. The first-order chi connectivity index (χ1) is 14.6. The lowest BCUT2D eigenvalue weighted by Gasteiger charge is -2.19. The van der Waals surface area contributed by atoms with Crippen molar-refractivity contribution in [1.82, 2.24) is 4.90 Å². The summed E-state index contributed by atoms with van der Waals surface area (Å²) in [5, 5.41) is 2.97. The highest BCUT2D eigenvalue weighted by molar-refractivity contribution is 5.97. The highest BCUT2D eigenvalue weighted by atomic mass is 16.2. The molecule has 0 heterocycles. The number of carbonyl (C=O) groups is 2. The number of hydrogen-bond donors (Lipinski definition) is 1. The number of benzene rings is 3. The Labute approximate surface area is 178 Å². The Morgan fingerprint density at radius 2 is 1.37 bits per heavy atom. The van der Waals surface area contributed by atoms with Gasteiger partial charge in [0, 0.05) is 36.7 Å². The van der Waals surface area contributed by atoms with Crippen molar-refractivity contribution in [1.29, 1.82) is 0 Å². The molecule has 154 valence electrons. The third-order valence-corrected chi connectivity index (χ3v) is 5.24. The van der Waals surface area contributed by atoms with Gasteiger partial charge in [0.1, 0.15) is 0 Å². The molecule has 4 heteroatoms. The van der Waals surface area contributed by atoms with Gasteiger partial charge in [0.05, 0.1) is 0 Å². The van der Waals surface area contributed by atoms with Gasteiger partial charge in [-0.25, -0.2) is 0 Å². The van der Waals surface area contributed by atoms with Crippen molar-refractivity contribution in [3.8, 4) is 0 Å². The Bertz CT molecular complexity index is 927. The van der Waals surface area contributed by atoms with Crippen LogP contribution in [0.4, 0.5) is 5.69 Å². The largest absolute Gasteiger partial charge is 0.339 e. The molecule has 30 heavy (non-hydrogen) atoms. The summed E-state index contributed by atoms with van der Waals surface area (Å²) in [6, 6.07) is 27.3. The van der Waals surface area contributed by atoms with Gasteiger partial charge < -0.3 is 10.2 Å². The number of carbonyl (C=O) groups excluding carboxylic acids is 2. The van der Waals surface area contributed by atoms with Gasteiger partial charge in [0.15, 0.2) is 0 Å². The second kappa shape index (κ2) is 10.4. The van der Waals surface area contributed by atoms with Crippen LogP contribution in [-0.2, 0) is 4.79 Å². The number of rotatable bonds is 8. The van der Waals surface area contributed by atoms with Gasteiger partial charge in [0.25, 0.3) is 5.91 Å². The third kappa shape index (κ3) is 5.35. The lowest BCUT2D eigenvalue weighted by Crippen LogP contribution is -2.30. The maximum Gasteiger partial charge on any atom is 0.253 e. The topological polar surface area (TPSA) is 49.4 Å². The highest BCUT2D eigenvalue weighted by Crippen LogP contribution is 2.28. The van der Waals surface area contributed by atoms with Gasteiger partial charge in [-0.3, -0.25) is 9.59 Å². The van der Waals surface area contributed by atoms with Gasteiger partial charge in [-0.05, 0) is 43.2 Å². The summed E-state index contributed by atoms with van der Waals surface area (Å²) >= 11 is 0. The molecule has 0 bridgehead atoms. The van der Waals surface area contributed by atoms with Crippen molar-refractivity contribution in [2.45, 2.75) is 26.2 Å². The fourth-order valence-electron chi connectivity index (χ4n) is 3.62. The van der Waals surface area contributed by atoms with Gasteiger partial charge in [-0.15, -0.1) is 0 Å². The van der Waals surface area contributed by atoms with Crippen LogP contribution in [0.5, 0.6) is 0 Å². The summed E-state index contributed by atoms with van der Waals surface area (Å²) in [7, 11) is 0. The van der Waals surface area contributed by atoms with Crippen LogP contribution in [0.15, 0.2) is 84.9 Å². The van der Waals surface area contributed by atoms with Crippen LogP contribution in [0, 0.1) is 0 Å². The van der Waals surface area contributed by atoms with Crippen LogP contribution in [-0.4, -0.2) is 29.8 Å². The molecule has 0 unspecified atom stereocenters. The van der Waals surface area contributed by atoms with E-state index >= 15 is 0 Å². The monoisotopic (exact) mass is 400 g/mol.